The molecule has 1 N–H and O–H groups in total. The first-order valence-electron chi connectivity index (χ1n) is 11.1. The van der Waals surface area contributed by atoms with Crippen LogP contribution in [0, 0.1) is 0 Å². The number of benzene rings is 4. The van der Waals surface area contributed by atoms with Crippen LogP contribution in [0.5, 0.6) is 5.75 Å². The third-order valence-corrected chi connectivity index (χ3v) is 6.05. The van der Waals surface area contributed by atoms with Gasteiger partial charge in [-0.3, -0.25) is 4.57 Å². The number of pyridine rings is 1. The van der Waals surface area contributed by atoms with Crippen LogP contribution in [0.2, 0.25) is 0 Å². The zero-order valence-electron chi connectivity index (χ0n) is 18.3. The Morgan fingerprint density at radius 2 is 1.29 bits per heavy atom. The van der Waals surface area contributed by atoms with E-state index in [9.17, 15) is 0 Å². The summed E-state index contributed by atoms with van der Waals surface area (Å²) in [6.45, 7) is 0. The number of fused-ring (bicyclic) bond motifs is 3. The summed E-state index contributed by atoms with van der Waals surface area (Å²) in [7, 11) is 0.706. The minimum atomic E-state index is 0.578. The van der Waals surface area contributed by atoms with Crippen molar-refractivity contribution < 1.29 is 9.68 Å². The van der Waals surface area contributed by atoms with Crippen molar-refractivity contribution in [2.45, 2.75) is 0 Å². The van der Waals surface area contributed by atoms with E-state index < -0.39 is 0 Å². The minimum Gasteiger partial charge on any atom is -0.537 e. The molecule has 2 heterocycles. The lowest BCUT2D eigenvalue weighted by Crippen LogP contribution is -2.01. The van der Waals surface area contributed by atoms with E-state index in [2.05, 4.69) is 65.2 Å². The van der Waals surface area contributed by atoms with E-state index in [4.69, 9.17) is 14.7 Å². The Bertz CT molecular complexity index is 1550. The SMILES string of the molecule is O[B]Oc1ccc2c(c1)c1ccccc1n2-c1cc(-c2ccccc2)cc(-c2ccccc2)n1. The molecular formula is C29H20BN2O2. The molecular weight excluding hydrogens is 419 g/mol. The van der Waals surface area contributed by atoms with Gasteiger partial charge < -0.3 is 9.68 Å². The van der Waals surface area contributed by atoms with Crippen molar-refractivity contribution in [1.82, 2.24) is 9.55 Å². The highest BCUT2D eigenvalue weighted by atomic mass is 16.5. The highest BCUT2D eigenvalue weighted by Crippen LogP contribution is 2.35. The molecule has 0 saturated heterocycles. The van der Waals surface area contributed by atoms with Gasteiger partial charge >= 0.3 is 7.69 Å². The lowest BCUT2D eigenvalue weighted by molar-refractivity contribution is 0.454. The molecule has 0 spiro atoms. The lowest BCUT2D eigenvalue weighted by atomic mass is 10.0. The van der Waals surface area contributed by atoms with Crippen LogP contribution in [0.3, 0.4) is 0 Å². The molecule has 2 aromatic heterocycles. The third kappa shape index (κ3) is 3.53. The van der Waals surface area contributed by atoms with Crippen LogP contribution >= 0.6 is 0 Å². The first-order chi connectivity index (χ1) is 16.8. The largest absolute Gasteiger partial charge is 0.569 e. The molecule has 5 heteroatoms. The van der Waals surface area contributed by atoms with Crippen LogP contribution in [0.4, 0.5) is 0 Å². The summed E-state index contributed by atoms with van der Waals surface area (Å²) in [6.07, 6.45) is 0. The zero-order chi connectivity index (χ0) is 22.9. The van der Waals surface area contributed by atoms with Crippen molar-refractivity contribution in [2.75, 3.05) is 0 Å². The monoisotopic (exact) mass is 439 g/mol. The van der Waals surface area contributed by atoms with Gasteiger partial charge in [0.05, 0.1) is 16.7 Å². The van der Waals surface area contributed by atoms with Crippen LogP contribution in [0.1, 0.15) is 0 Å². The Morgan fingerprint density at radius 1 is 0.618 bits per heavy atom. The Balaban J connectivity index is 1.66. The molecule has 0 aliphatic rings. The standard InChI is InChI=1S/C29H20BN2O2/c33-30-34-23-15-16-28-25(19-23)24-13-7-8-14-27(24)32(28)29-18-22(20-9-3-1-4-10-20)17-26(31-29)21-11-5-2-6-12-21/h1-19,33H. The summed E-state index contributed by atoms with van der Waals surface area (Å²) in [4.78, 5) is 5.12. The predicted molar refractivity (Wildman–Crippen MR) is 138 cm³/mol. The Kier molecular flexibility index (Phi) is 5.09. The second-order valence-corrected chi connectivity index (χ2v) is 8.09. The van der Waals surface area contributed by atoms with Gasteiger partial charge in [-0.15, -0.1) is 0 Å². The number of aromatic nitrogens is 2. The molecule has 0 atom stereocenters. The lowest BCUT2D eigenvalue weighted by Gasteiger charge is -2.13. The maximum Gasteiger partial charge on any atom is 0.569 e. The van der Waals surface area contributed by atoms with Crippen molar-refractivity contribution >= 4 is 29.5 Å². The van der Waals surface area contributed by atoms with Crippen LogP contribution in [0.25, 0.3) is 50.0 Å². The zero-order valence-corrected chi connectivity index (χ0v) is 18.3. The van der Waals surface area contributed by atoms with E-state index in [0.29, 0.717) is 13.4 Å². The van der Waals surface area contributed by atoms with Crippen LogP contribution in [0.15, 0.2) is 115 Å². The molecule has 0 amide bonds. The fourth-order valence-electron chi connectivity index (χ4n) is 4.52. The smallest absolute Gasteiger partial charge is 0.537 e. The van der Waals surface area contributed by atoms with Gasteiger partial charge in [-0.05, 0) is 47.5 Å². The average Bonchev–Trinajstić information content (AvgIpc) is 3.23. The maximum absolute atomic E-state index is 9.10. The second-order valence-electron chi connectivity index (χ2n) is 8.09. The molecule has 1 radical (unpaired) electrons. The fourth-order valence-corrected chi connectivity index (χ4v) is 4.52. The van der Waals surface area contributed by atoms with Gasteiger partial charge in [0.25, 0.3) is 0 Å². The summed E-state index contributed by atoms with van der Waals surface area (Å²) in [6, 6.07) is 39.0. The van der Waals surface area contributed by atoms with Gasteiger partial charge in [0.1, 0.15) is 11.6 Å². The molecule has 6 aromatic rings. The topological polar surface area (TPSA) is 47.3 Å². The molecule has 4 nitrogen and oxygen atoms in total. The molecule has 0 saturated carbocycles. The highest BCUT2D eigenvalue weighted by molar-refractivity contribution is 6.17. The minimum absolute atomic E-state index is 0.578. The Labute approximate surface area is 198 Å². The van der Waals surface area contributed by atoms with Crippen molar-refractivity contribution in [1.29, 1.82) is 0 Å². The van der Waals surface area contributed by atoms with Crippen molar-refractivity contribution in [2.24, 2.45) is 0 Å². The summed E-state index contributed by atoms with van der Waals surface area (Å²) in [5.74, 6) is 1.42. The van der Waals surface area contributed by atoms with Gasteiger partial charge in [-0.2, -0.15) is 0 Å². The number of hydrogen-bond acceptors (Lipinski definition) is 3. The van der Waals surface area contributed by atoms with E-state index in [1.807, 2.05) is 54.6 Å². The Hall–Kier alpha value is -4.35. The predicted octanol–water partition coefficient (Wildman–Crippen LogP) is 6.42. The van der Waals surface area contributed by atoms with Gasteiger partial charge in [-0.25, -0.2) is 4.98 Å². The number of para-hydroxylation sites is 1. The first kappa shape index (κ1) is 20.3. The highest BCUT2D eigenvalue weighted by Gasteiger charge is 2.16. The third-order valence-electron chi connectivity index (χ3n) is 6.05. The van der Waals surface area contributed by atoms with Crippen LogP contribution in [-0.2, 0) is 0 Å². The molecule has 0 fully saturated rings. The second kappa shape index (κ2) is 8.54. The van der Waals surface area contributed by atoms with E-state index in [1.54, 1.807) is 0 Å². The van der Waals surface area contributed by atoms with Crippen molar-refractivity contribution in [3.05, 3.63) is 115 Å². The molecule has 0 aliphatic heterocycles. The Morgan fingerprint density at radius 3 is 2.06 bits per heavy atom. The van der Waals surface area contributed by atoms with Gasteiger partial charge in [0.15, 0.2) is 0 Å². The number of hydrogen-bond donors (Lipinski definition) is 1. The molecule has 0 unspecified atom stereocenters. The van der Waals surface area contributed by atoms with Crippen LogP contribution < -0.4 is 4.65 Å². The fraction of sp³-hybridized carbons (Fsp3) is 0. The molecule has 161 valence electrons. The van der Waals surface area contributed by atoms with E-state index in [0.717, 1.165) is 50.0 Å². The summed E-state index contributed by atoms with van der Waals surface area (Å²) in [5.41, 5.74) is 6.29. The van der Waals surface area contributed by atoms with E-state index in [-0.39, 0.29) is 0 Å². The summed E-state index contributed by atoms with van der Waals surface area (Å²) < 4.78 is 7.43. The van der Waals surface area contributed by atoms with Gasteiger partial charge in [0, 0.05) is 16.3 Å². The molecule has 0 bridgehead atoms. The molecule has 34 heavy (non-hydrogen) atoms. The van der Waals surface area contributed by atoms with Crippen molar-refractivity contribution in [3.63, 3.8) is 0 Å². The summed E-state index contributed by atoms with van der Waals surface area (Å²) in [5, 5.41) is 11.2. The first-order valence-corrected chi connectivity index (χ1v) is 11.1. The summed E-state index contributed by atoms with van der Waals surface area (Å²) >= 11 is 0. The average molecular weight is 439 g/mol. The van der Waals surface area contributed by atoms with E-state index in [1.165, 1.54) is 0 Å². The van der Waals surface area contributed by atoms with Crippen molar-refractivity contribution in [3.8, 4) is 34.0 Å². The number of nitrogens with zero attached hydrogens (tertiary/aromatic N) is 2. The van der Waals surface area contributed by atoms with Crippen LogP contribution in [-0.4, -0.2) is 22.3 Å². The maximum atomic E-state index is 9.10. The number of rotatable bonds is 5. The molecule has 6 rings (SSSR count). The normalized spacial score (nSPS) is 11.1. The van der Waals surface area contributed by atoms with E-state index >= 15 is 0 Å². The molecule has 4 aromatic carbocycles. The molecule has 0 aliphatic carbocycles. The quantitative estimate of drug-likeness (QED) is 0.316. The van der Waals surface area contributed by atoms with Gasteiger partial charge in [0.2, 0.25) is 0 Å². The van der Waals surface area contributed by atoms with Gasteiger partial charge in [-0.1, -0.05) is 78.9 Å².